The van der Waals surface area contributed by atoms with E-state index in [0.29, 0.717) is 13.2 Å². The van der Waals surface area contributed by atoms with Crippen molar-refractivity contribution in [1.82, 2.24) is 14.8 Å². The number of carbonyl (C=O) groups is 1. The van der Waals surface area contributed by atoms with Crippen molar-refractivity contribution in [3.8, 4) is 0 Å². The van der Waals surface area contributed by atoms with E-state index >= 15 is 0 Å². The molecule has 1 saturated heterocycles. The Morgan fingerprint density at radius 1 is 1.23 bits per heavy atom. The minimum atomic E-state index is -0.283. The molecule has 0 spiro atoms. The Morgan fingerprint density at radius 2 is 1.88 bits per heavy atom. The maximum atomic E-state index is 12.6. The molecule has 0 saturated carbocycles. The Balaban J connectivity index is 1.67. The molecule has 1 unspecified atom stereocenters. The molecule has 0 bridgehead atoms. The van der Waals surface area contributed by atoms with Crippen LogP contribution in [-0.2, 0) is 16.6 Å². The molecule has 1 fully saturated rings. The van der Waals surface area contributed by atoms with E-state index in [9.17, 15) is 4.79 Å². The number of anilines is 2. The van der Waals surface area contributed by atoms with E-state index in [1.54, 1.807) is 0 Å². The number of amides is 1. The lowest BCUT2D eigenvalue weighted by Gasteiger charge is -2.27. The van der Waals surface area contributed by atoms with Gasteiger partial charge in [-0.2, -0.15) is 0 Å². The first-order chi connectivity index (χ1) is 12.5. The second-order valence-electron chi connectivity index (χ2n) is 6.46. The van der Waals surface area contributed by atoms with Crippen LogP contribution >= 0.6 is 11.8 Å². The van der Waals surface area contributed by atoms with Gasteiger partial charge in [-0.3, -0.25) is 9.36 Å². The van der Waals surface area contributed by atoms with Gasteiger partial charge in [-0.05, 0) is 31.9 Å². The molecule has 1 aromatic heterocycles. The van der Waals surface area contributed by atoms with Crippen molar-refractivity contribution in [3.05, 3.63) is 29.3 Å². The van der Waals surface area contributed by atoms with Crippen LogP contribution in [0.1, 0.15) is 18.1 Å². The summed E-state index contributed by atoms with van der Waals surface area (Å²) in [7, 11) is 1.93. The summed E-state index contributed by atoms with van der Waals surface area (Å²) in [5.74, 6) is 0.779. The van der Waals surface area contributed by atoms with Crippen molar-refractivity contribution in [3.63, 3.8) is 0 Å². The van der Waals surface area contributed by atoms with Crippen molar-refractivity contribution in [1.29, 1.82) is 0 Å². The zero-order chi connectivity index (χ0) is 18.7. The number of benzene rings is 1. The van der Waals surface area contributed by atoms with Crippen LogP contribution in [-0.4, -0.2) is 52.2 Å². The number of aryl methyl sites for hydroxylation is 2. The Labute approximate surface area is 158 Å². The lowest BCUT2D eigenvalue weighted by atomic mass is 10.1. The van der Waals surface area contributed by atoms with Gasteiger partial charge in [-0.1, -0.05) is 30.0 Å². The largest absolute Gasteiger partial charge is 0.378 e. The van der Waals surface area contributed by atoms with Crippen LogP contribution in [0.5, 0.6) is 0 Å². The summed E-state index contributed by atoms with van der Waals surface area (Å²) in [5.41, 5.74) is 3.00. The first-order valence-corrected chi connectivity index (χ1v) is 9.61. The third kappa shape index (κ3) is 4.02. The van der Waals surface area contributed by atoms with Crippen molar-refractivity contribution in [2.75, 3.05) is 36.5 Å². The monoisotopic (exact) mass is 375 g/mol. The normalized spacial score (nSPS) is 15.8. The van der Waals surface area contributed by atoms with E-state index in [2.05, 4.69) is 20.4 Å². The Morgan fingerprint density at radius 3 is 2.54 bits per heavy atom. The highest BCUT2D eigenvalue weighted by atomic mass is 32.2. The van der Waals surface area contributed by atoms with E-state index in [4.69, 9.17) is 4.74 Å². The minimum absolute atomic E-state index is 0.0386. The summed E-state index contributed by atoms with van der Waals surface area (Å²) in [5, 5.41) is 12.1. The Kier molecular flexibility index (Phi) is 5.83. The molecule has 1 atom stereocenters. The predicted octanol–water partition coefficient (Wildman–Crippen LogP) is 2.39. The summed E-state index contributed by atoms with van der Waals surface area (Å²) in [6, 6.07) is 5.99. The first kappa shape index (κ1) is 18.7. The average Bonchev–Trinajstić information content (AvgIpc) is 2.99. The first-order valence-electron chi connectivity index (χ1n) is 8.73. The number of nitrogens with zero attached hydrogens (tertiary/aromatic N) is 4. The number of nitrogens with one attached hydrogen (secondary N) is 1. The highest BCUT2D eigenvalue weighted by Crippen LogP contribution is 2.27. The molecule has 1 aliphatic rings. The number of para-hydroxylation sites is 1. The number of carbonyl (C=O) groups excluding carboxylic acids is 1. The van der Waals surface area contributed by atoms with Gasteiger partial charge in [-0.25, -0.2) is 0 Å². The molecule has 3 rings (SSSR count). The van der Waals surface area contributed by atoms with Crippen LogP contribution in [0.4, 0.5) is 11.6 Å². The Hall–Kier alpha value is -2.06. The number of aromatic nitrogens is 3. The lowest BCUT2D eigenvalue weighted by Crippen LogP contribution is -2.37. The second-order valence-corrected chi connectivity index (χ2v) is 7.77. The molecule has 0 radical (unpaired) electrons. The zero-order valence-corrected chi connectivity index (χ0v) is 16.5. The maximum Gasteiger partial charge on any atom is 0.237 e. The summed E-state index contributed by atoms with van der Waals surface area (Å²) in [4.78, 5) is 14.8. The molecule has 1 N–H and O–H groups in total. The molecular formula is C18H25N5O2S. The topological polar surface area (TPSA) is 72.3 Å². The molecule has 1 aliphatic heterocycles. The third-order valence-corrected chi connectivity index (χ3v) is 5.62. The third-order valence-electron chi connectivity index (χ3n) is 4.49. The second kappa shape index (κ2) is 8.09. The van der Waals surface area contributed by atoms with Gasteiger partial charge in [0, 0.05) is 25.8 Å². The van der Waals surface area contributed by atoms with Gasteiger partial charge in [-0.15, -0.1) is 10.2 Å². The number of rotatable bonds is 5. The van der Waals surface area contributed by atoms with Crippen LogP contribution in [0.15, 0.2) is 23.4 Å². The van der Waals surface area contributed by atoms with Gasteiger partial charge in [0.2, 0.25) is 11.9 Å². The number of ether oxygens (including phenoxy) is 1. The van der Waals surface area contributed by atoms with Crippen LogP contribution in [0.2, 0.25) is 0 Å². The number of hydrogen-bond acceptors (Lipinski definition) is 6. The lowest BCUT2D eigenvalue weighted by molar-refractivity contribution is -0.115. The van der Waals surface area contributed by atoms with E-state index in [0.717, 1.165) is 41.0 Å². The van der Waals surface area contributed by atoms with Crippen LogP contribution in [0.25, 0.3) is 0 Å². The molecule has 2 heterocycles. The van der Waals surface area contributed by atoms with Gasteiger partial charge in [0.15, 0.2) is 5.16 Å². The zero-order valence-electron chi connectivity index (χ0n) is 15.7. The highest BCUT2D eigenvalue weighted by molar-refractivity contribution is 8.00. The summed E-state index contributed by atoms with van der Waals surface area (Å²) >= 11 is 1.41. The quantitative estimate of drug-likeness (QED) is 0.809. The van der Waals surface area contributed by atoms with E-state index < -0.39 is 0 Å². The van der Waals surface area contributed by atoms with E-state index in [1.165, 1.54) is 11.8 Å². The average molecular weight is 375 g/mol. The van der Waals surface area contributed by atoms with E-state index in [-0.39, 0.29) is 11.2 Å². The van der Waals surface area contributed by atoms with Crippen LogP contribution in [0.3, 0.4) is 0 Å². The molecule has 1 amide bonds. The molecule has 26 heavy (non-hydrogen) atoms. The number of hydrogen-bond donors (Lipinski definition) is 1. The SMILES string of the molecule is Cc1cccc(C)c1NC(=O)C(C)Sc1nnc(N2CCOCC2)n1C. The highest BCUT2D eigenvalue weighted by Gasteiger charge is 2.22. The fraction of sp³-hybridized carbons (Fsp3) is 0.500. The van der Waals surface area contributed by atoms with Crippen molar-refractivity contribution in [2.24, 2.45) is 7.05 Å². The fourth-order valence-electron chi connectivity index (χ4n) is 2.90. The van der Waals surface area contributed by atoms with Crippen molar-refractivity contribution >= 4 is 29.3 Å². The molecule has 1 aromatic carbocycles. The molecule has 7 nitrogen and oxygen atoms in total. The predicted molar refractivity (Wildman–Crippen MR) is 104 cm³/mol. The number of thioether (sulfide) groups is 1. The van der Waals surface area contributed by atoms with Crippen LogP contribution in [0, 0.1) is 13.8 Å². The van der Waals surface area contributed by atoms with Gasteiger partial charge >= 0.3 is 0 Å². The molecule has 2 aromatic rings. The smallest absolute Gasteiger partial charge is 0.237 e. The van der Waals surface area contributed by atoms with Crippen LogP contribution < -0.4 is 10.2 Å². The molecular weight excluding hydrogens is 350 g/mol. The minimum Gasteiger partial charge on any atom is -0.378 e. The standard InChI is InChI=1S/C18H25N5O2S/c1-12-6-5-7-13(2)15(12)19-16(24)14(3)26-18-21-20-17(22(18)4)23-8-10-25-11-9-23/h5-7,14H,8-11H2,1-4H3,(H,19,24). The van der Waals surface area contributed by atoms with E-state index in [1.807, 2.05) is 50.6 Å². The molecule has 0 aliphatic carbocycles. The fourth-order valence-corrected chi connectivity index (χ4v) is 3.71. The molecule has 8 heteroatoms. The summed E-state index contributed by atoms with van der Waals surface area (Å²) in [6.07, 6.45) is 0. The van der Waals surface area contributed by atoms with Gasteiger partial charge in [0.1, 0.15) is 0 Å². The van der Waals surface area contributed by atoms with Gasteiger partial charge in [0.05, 0.1) is 18.5 Å². The van der Waals surface area contributed by atoms with Gasteiger partial charge < -0.3 is 15.0 Å². The van der Waals surface area contributed by atoms with Crippen molar-refractivity contribution in [2.45, 2.75) is 31.2 Å². The van der Waals surface area contributed by atoms with Gasteiger partial charge in [0.25, 0.3) is 0 Å². The number of morpholine rings is 1. The summed E-state index contributed by atoms with van der Waals surface area (Å²) in [6.45, 7) is 8.89. The molecule has 140 valence electrons. The summed E-state index contributed by atoms with van der Waals surface area (Å²) < 4.78 is 7.33. The van der Waals surface area contributed by atoms with Crippen molar-refractivity contribution < 1.29 is 9.53 Å². The Bertz CT molecular complexity index is 766. The maximum absolute atomic E-state index is 12.6.